The van der Waals surface area contributed by atoms with Crippen molar-refractivity contribution in [1.82, 2.24) is 4.90 Å². The zero-order valence-corrected chi connectivity index (χ0v) is 10.9. The fourth-order valence-corrected chi connectivity index (χ4v) is 2.49. The summed E-state index contributed by atoms with van der Waals surface area (Å²) in [6.45, 7) is 10.0. The van der Waals surface area contributed by atoms with E-state index in [1.165, 1.54) is 24.2 Å². The van der Waals surface area contributed by atoms with E-state index in [4.69, 9.17) is 5.73 Å². The van der Waals surface area contributed by atoms with Crippen molar-refractivity contribution >= 4 is 11.4 Å². The molecular weight excluding hydrogens is 210 g/mol. The highest BCUT2D eigenvalue weighted by Gasteiger charge is 2.17. The van der Waals surface area contributed by atoms with Crippen LogP contribution in [0.5, 0.6) is 0 Å². The van der Waals surface area contributed by atoms with Crippen LogP contribution in [0.1, 0.15) is 18.9 Å². The number of hydrogen-bond acceptors (Lipinski definition) is 3. The predicted octanol–water partition coefficient (Wildman–Crippen LogP) is 2.11. The molecule has 0 spiro atoms. The Morgan fingerprint density at radius 1 is 1.18 bits per heavy atom. The molecule has 0 aliphatic carbocycles. The Kier molecular flexibility index (Phi) is 3.89. The van der Waals surface area contributed by atoms with Crippen molar-refractivity contribution in [2.45, 2.75) is 20.3 Å². The third-order valence-corrected chi connectivity index (χ3v) is 3.44. The summed E-state index contributed by atoms with van der Waals surface area (Å²) in [5.74, 6) is 0. The second-order valence-corrected chi connectivity index (χ2v) is 4.89. The summed E-state index contributed by atoms with van der Waals surface area (Å²) in [6.07, 6.45) is 1.24. The van der Waals surface area contributed by atoms with Crippen molar-refractivity contribution in [1.29, 1.82) is 0 Å². The number of nitrogens with zero attached hydrogens (tertiary/aromatic N) is 2. The molecule has 1 aliphatic rings. The molecule has 3 heteroatoms. The van der Waals surface area contributed by atoms with Crippen LogP contribution in [-0.4, -0.2) is 37.6 Å². The number of nitrogen functional groups attached to an aromatic ring is 1. The van der Waals surface area contributed by atoms with Gasteiger partial charge in [0, 0.05) is 26.2 Å². The molecule has 0 bridgehead atoms. The Balaban J connectivity index is 2.00. The molecular formula is C14H23N3. The smallest absolute Gasteiger partial charge is 0.0601 e. The van der Waals surface area contributed by atoms with Gasteiger partial charge in [0.15, 0.2) is 0 Å². The van der Waals surface area contributed by atoms with Crippen molar-refractivity contribution in [3.05, 3.63) is 23.8 Å². The first kappa shape index (κ1) is 12.2. The van der Waals surface area contributed by atoms with Gasteiger partial charge in [0.2, 0.25) is 0 Å². The highest BCUT2D eigenvalue weighted by atomic mass is 15.3. The molecule has 1 saturated heterocycles. The van der Waals surface area contributed by atoms with Crippen LogP contribution in [0.15, 0.2) is 18.2 Å². The maximum Gasteiger partial charge on any atom is 0.0601 e. The maximum atomic E-state index is 6.09. The van der Waals surface area contributed by atoms with Gasteiger partial charge in [-0.25, -0.2) is 0 Å². The lowest BCUT2D eigenvalue weighted by molar-refractivity contribution is 0.258. The molecule has 94 valence electrons. The van der Waals surface area contributed by atoms with Crippen LogP contribution in [0.3, 0.4) is 0 Å². The van der Waals surface area contributed by atoms with Gasteiger partial charge in [-0.15, -0.1) is 0 Å². The molecule has 1 aliphatic heterocycles. The predicted molar refractivity (Wildman–Crippen MR) is 74.5 cm³/mol. The average Bonchev–Trinajstić information content (AvgIpc) is 2.31. The summed E-state index contributed by atoms with van der Waals surface area (Å²) in [7, 11) is 0. The molecule has 17 heavy (non-hydrogen) atoms. The summed E-state index contributed by atoms with van der Waals surface area (Å²) >= 11 is 0. The van der Waals surface area contributed by atoms with Gasteiger partial charge >= 0.3 is 0 Å². The Hall–Kier alpha value is -1.22. The summed E-state index contributed by atoms with van der Waals surface area (Å²) in [5.41, 5.74) is 9.43. The van der Waals surface area contributed by atoms with E-state index in [0.29, 0.717) is 0 Å². The maximum absolute atomic E-state index is 6.09. The number of piperazine rings is 1. The average molecular weight is 233 g/mol. The second kappa shape index (κ2) is 5.41. The fraction of sp³-hybridized carbons (Fsp3) is 0.571. The van der Waals surface area contributed by atoms with Crippen molar-refractivity contribution in [2.24, 2.45) is 0 Å². The van der Waals surface area contributed by atoms with Gasteiger partial charge in [-0.1, -0.05) is 13.0 Å². The molecule has 0 radical (unpaired) electrons. The molecule has 0 unspecified atom stereocenters. The molecule has 1 aromatic rings. The molecule has 0 saturated carbocycles. The van der Waals surface area contributed by atoms with Crippen LogP contribution in [0, 0.1) is 6.92 Å². The van der Waals surface area contributed by atoms with E-state index in [-0.39, 0.29) is 0 Å². The van der Waals surface area contributed by atoms with Gasteiger partial charge in [-0.05, 0) is 37.6 Å². The van der Waals surface area contributed by atoms with Crippen LogP contribution in [0.25, 0.3) is 0 Å². The van der Waals surface area contributed by atoms with Gasteiger partial charge in [-0.3, -0.25) is 4.90 Å². The first-order chi connectivity index (χ1) is 8.20. The van der Waals surface area contributed by atoms with Gasteiger partial charge in [0.05, 0.1) is 11.4 Å². The van der Waals surface area contributed by atoms with Crippen molar-refractivity contribution in [3.8, 4) is 0 Å². The molecule has 2 rings (SSSR count). The van der Waals surface area contributed by atoms with E-state index in [1.807, 2.05) is 0 Å². The molecule has 1 aromatic carbocycles. The number of anilines is 2. The van der Waals surface area contributed by atoms with E-state index in [1.54, 1.807) is 0 Å². The Morgan fingerprint density at radius 2 is 1.88 bits per heavy atom. The van der Waals surface area contributed by atoms with Crippen molar-refractivity contribution in [2.75, 3.05) is 43.4 Å². The highest BCUT2D eigenvalue weighted by molar-refractivity contribution is 5.68. The van der Waals surface area contributed by atoms with Crippen molar-refractivity contribution < 1.29 is 0 Å². The number of nitrogens with two attached hydrogens (primary N) is 1. The number of benzene rings is 1. The minimum Gasteiger partial charge on any atom is -0.397 e. The first-order valence-corrected chi connectivity index (χ1v) is 6.54. The molecule has 1 fully saturated rings. The van der Waals surface area contributed by atoms with Crippen molar-refractivity contribution in [3.63, 3.8) is 0 Å². The van der Waals surface area contributed by atoms with E-state index in [0.717, 1.165) is 31.9 Å². The molecule has 0 aromatic heterocycles. The topological polar surface area (TPSA) is 32.5 Å². The summed E-state index contributed by atoms with van der Waals surface area (Å²) in [4.78, 5) is 4.93. The van der Waals surface area contributed by atoms with E-state index >= 15 is 0 Å². The molecule has 0 amide bonds. The van der Waals surface area contributed by atoms with Gasteiger partial charge in [-0.2, -0.15) is 0 Å². The SMILES string of the molecule is CCCN1CCN(c2ccc(C)cc2N)CC1. The molecule has 2 N–H and O–H groups in total. The summed E-state index contributed by atoms with van der Waals surface area (Å²) < 4.78 is 0. The lowest BCUT2D eigenvalue weighted by atomic mass is 10.1. The number of aryl methyl sites for hydroxylation is 1. The molecule has 1 heterocycles. The van der Waals surface area contributed by atoms with Gasteiger partial charge in [0.25, 0.3) is 0 Å². The van der Waals surface area contributed by atoms with Crippen LogP contribution in [0.4, 0.5) is 11.4 Å². The van der Waals surface area contributed by atoms with Crippen LogP contribution >= 0.6 is 0 Å². The van der Waals surface area contributed by atoms with Crippen LogP contribution in [0.2, 0.25) is 0 Å². The first-order valence-electron chi connectivity index (χ1n) is 6.54. The number of hydrogen-bond donors (Lipinski definition) is 1. The normalized spacial score (nSPS) is 17.4. The zero-order chi connectivity index (χ0) is 12.3. The van der Waals surface area contributed by atoms with Gasteiger partial charge < -0.3 is 10.6 Å². The van der Waals surface area contributed by atoms with Crippen LogP contribution in [-0.2, 0) is 0 Å². The van der Waals surface area contributed by atoms with E-state index < -0.39 is 0 Å². The molecule has 0 atom stereocenters. The second-order valence-electron chi connectivity index (χ2n) is 4.89. The summed E-state index contributed by atoms with van der Waals surface area (Å²) in [6, 6.07) is 6.36. The third kappa shape index (κ3) is 2.91. The quantitative estimate of drug-likeness (QED) is 0.812. The minimum absolute atomic E-state index is 0.911. The summed E-state index contributed by atoms with van der Waals surface area (Å²) in [5, 5.41) is 0. The van der Waals surface area contributed by atoms with E-state index in [2.05, 4.69) is 41.8 Å². The Morgan fingerprint density at radius 3 is 2.47 bits per heavy atom. The Labute approximate surface area is 104 Å². The minimum atomic E-state index is 0.911. The fourth-order valence-electron chi connectivity index (χ4n) is 2.49. The van der Waals surface area contributed by atoms with Crippen LogP contribution < -0.4 is 10.6 Å². The lowest BCUT2D eigenvalue weighted by Crippen LogP contribution is -2.46. The lowest BCUT2D eigenvalue weighted by Gasteiger charge is -2.36. The Bertz CT molecular complexity index is 368. The standard InChI is InChI=1S/C14H23N3/c1-3-6-16-7-9-17(10-8-16)14-5-4-12(2)11-13(14)15/h4-5,11H,3,6-10,15H2,1-2H3. The number of rotatable bonds is 3. The largest absolute Gasteiger partial charge is 0.397 e. The molecule has 3 nitrogen and oxygen atoms in total. The van der Waals surface area contributed by atoms with Gasteiger partial charge in [0.1, 0.15) is 0 Å². The zero-order valence-electron chi connectivity index (χ0n) is 10.9. The monoisotopic (exact) mass is 233 g/mol. The van der Waals surface area contributed by atoms with E-state index in [9.17, 15) is 0 Å². The third-order valence-electron chi connectivity index (χ3n) is 3.44. The highest BCUT2D eigenvalue weighted by Crippen LogP contribution is 2.25.